The van der Waals surface area contributed by atoms with E-state index < -0.39 is 5.41 Å². The minimum atomic E-state index is -0.623. The Hall–Kier alpha value is -9.44. The van der Waals surface area contributed by atoms with Crippen LogP contribution in [0.5, 0.6) is 0 Å². The van der Waals surface area contributed by atoms with Gasteiger partial charge in [0, 0.05) is 50.9 Å². The van der Waals surface area contributed by atoms with Crippen LogP contribution in [0, 0.1) is 0 Å². The van der Waals surface area contributed by atoms with E-state index in [4.69, 9.17) is 0 Å². The average molecular weight is 918 g/mol. The van der Waals surface area contributed by atoms with Crippen LogP contribution < -0.4 is 14.7 Å². The smallest absolute Gasteiger partial charge is 0.0731 e. The van der Waals surface area contributed by atoms with Gasteiger partial charge in [0.2, 0.25) is 0 Å². The van der Waals surface area contributed by atoms with E-state index in [0.717, 1.165) is 56.6 Å². The van der Waals surface area contributed by atoms with Crippen molar-refractivity contribution in [2.45, 2.75) is 5.41 Å². The normalized spacial score (nSPS) is 12.6. The number of hydrogen-bond acceptors (Lipinski definition) is 3. The highest BCUT2D eigenvalue weighted by Gasteiger charge is 2.53. The highest BCUT2D eigenvalue weighted by Crippen LogP contribution is 2.66. The second kappa shape index (κ2) is 16.9. The Morgan fingerprint density at radius 3 is 1.10 bits per heavy atom. The van der Waals surface area contributed by atoms with E-state index in [0.29, 0.717) is 0 Å². The van der Waals surface area contributed by atoms with Crippen LogP contribution in [0.3, 0.4) is 0 Å². The van der Waals surface area contributed by atoms with Crippen molar-refractivity contribution in [1.82, 2.24) is 0 Å². The van der Waals surface area contributed by atoms with Gasteiger partial charge in [-0.3, -0.25) is 0 Å². The summed E-state index contributed by atoms with van der Waals surface area (Å²) >= 11 is 0. The molecule has 3 heteroatoms. The summed E-state index contributed by atoms with van der Waals surface area (Å²) in [5, 5.41) is 4.78. The zero-order valence-electron chi connectivity index (χ0n) is 39.5. The SMILES string of the molecule is c1ccc(N(c2ccccc2)c2ccc3cc4c(cc3c2)C2(c3ccccc3-c3ccccc32)c2c-4cc(N(c3ccccc3)c3ccccc3)c3cc(N(c4ccccc4)c4ccccc4)ccc23)cc1. The predicted octanol–water partition coefficient (Wildman–Crippen LogP) is 18.7. The fraction of sp³-hybridized carbons (Fsp3) is 0.0145. The molecule has 0 aliphatic heterocycles. The van der Waals surface area contributed by atoms with E-state index in [1.165, 1.54) is 60.7 Å². The van der Waals surface area contributed by atoms with Gasteiger partial charge in [0.1, 0.15) is 0 Å². The Balaban J connectivity index is 1.10. The maximum atomic E-state index is 2.53. The number of anilines is 9. The van der Waals surface area contributed by atoms with Crippen molar-refractivity contribution in [2.75, 3.05) is 14.7 Å². The molecule has 0 atom stereocenters. The highest BCUT2D eigenvalue weighted by atomic mass is 15.2. The summed E-state index contributed by atoms with van der Waals surface area (Å²) in [4.78, 5) is 7.21. The van der Waals surface area contributed by atoms with Crippen molar-refractivity contribution < 1.29 is 0 Å². The third kappa shape index (κ3) is 6.45. The summed E-state index contributed by atoms with van der Waals surface area (Å²) in [6, 6.07) is 105. The minimum Gasteiger partial charge on any atom is -0.310 e. The van der Waals surface area contributed by atoms with Gasteiger partial charge in [0.15, 0.2) is 0 Å². The molecule has 0 bridgehead atoms. The third-order valence-electron chi connectivity index (χ3n) is 14.9. The summed E-state index contributed by atoms with van der Waals surface area (Å²) in [7, 11) is 0. The van der Waals surface area contributed by atoms with E-state index in [2.05, 4.69) is 300 Å². The van der Waals surface area contributed by atoms with Crippen LogP contribution in [-0.4, -0.2) is 0 Å². The molecule has 2 aliphatic carbocycles. The van der Waals surface area contributed by atoms with Crippen molar-refractivity contribution in [2.24, 2.45) is 0 Å². The lowest BCUT2D eigenvalue weighted by Crippen LogP contribution is -2.26. The Bertz CT molecular complexity index is 3810. The first-order chi connectivity index (χ1) is 35.7. The first-order valence-corrected chi connectivity index (χ1v) is 24.8. The molecule has 0 amide bonds. The summed E-state index contributed by atoms with van der Waals surface area (Å²) in [5.74, 6) is 0. The molecule has 3 nitrogen and oxygen atoms in total. The second-order valence-corrected chi connectivity index (χ2v) is 18.8. The molecule has 14 rings (SSSR count). The topological polar surface area (TPSA) is 9.72 Å². The first kappa shape index (κ1) is 41.5. The maximum Gasteiger partial charge on any atom is 0.0731 e. The van der Waals surface area contributed by atoms with Gasteiger partial charge >= 0.3 is 0 Å². The van der Waals surface area contributed by atoms with E-state index >= 15 is 0 Å². The maximum absolute atomic E-state index is 2.53. The molecule has 12 aromatic carbocycles. The molecular weight excluding hydrogens is 871 g/mol. The van der Waals surface area contributed by atoms with Gasteiger partial charge in [-0.05, 0) is 176 Å². The fourth-order valence-corrected chi connectivity index (χ4v) is 12.0. The molecular formula is C69H47N3. The molecule has 0 radical (unpaired) electrons. The molecule has 2 aliphatic rings. The van der Waals surface area contributed by atoms with Gasteiger partial charge in [0.25, 0.3) is 0 Å². The number of hydrogen-bond donors (Lipinski definition) is 0. The van der Waals surface area contributed by atoms with Crippen molar-refractivity contribution in [3.05, 3.63) is 307 Å². The summed E-state index contributed by atoms with van der Waals surface area (Å²) in [5.41, 5.74) is 19.6. The lowest BCUT2D eigenvalue weighted by molar-refractivity contribution is 0.802. The second-order valence-electron chi connectivity index (χ2n) is 18.8. The third-order valence-corrected chi connectivity index (χ3v) is 14.9. The predicted molar refractivity (Wildman–Crippen MR) is 302 cm³/mol. The molecule has 0 fully saturated rings. The lowest BCUT2D eigenvalue weighted by Gasteiger charge is -2.34. The van der Waals surface area contributed by atoms with Gasteiger partial charge in [-0.25, -0.2) is 0 Å². The average Bonchev–Trinajstić information content (AvgIpc) is 3.91. The van der Waals surface area contributed by atoms with Gasteiger partial charge < -0.3 is 14.7 Å². The number of para-hydroxylation sites is 6. The quantitative estimate of drug-likeness (QED) is 0.143. The van der Waals surface area contributed by atoms with Crippen LogP contribution >= 0.6 is 0 Å². The summed E-state index contributed by atoms with van der Waals surface area (Å²) < 4.78 is 0. The summed E-state index contributed by atoms with van der Waals surface area (Å²) in [6.45, 7) is 0. The van der Waals surface area contributed by atoms with Crippen LogP contribution in [0.2, 0.25) is 0 Å². The van der Waals surface area contributed by atoms with Crippen LogP contribution in [-0.2, 0) is 5.41 Å². The Kier molecular flexibility index (Phi) is 9.75. The van der Waals surface area contributed by atoms with Gasteiger partial charge in [-0.1, -0.05) is 170 Å². The van der Waals surface area contributed by atoms with E-state index in [-0.39, 0.29) is 0 Å². The van der Waals surface area contributed by atoms with Gasteiger partial charge in [-0.15, -0.1) is 0 Å². The van der Waals surface area contributed by atoms with Crippen LogP contribution in [0.15, 0.2) is 285 Å². The lowest BCUT2D eigenvalue weighted by atomic mass is 9.69. The molecule has 338 valence electrons. The Morgan fingerprint density at radius 2 is 0.625 bits per heavy atom. The molecule has 0 unspecified atom stereocenters. The molecule has 0 saturated heterocycles. The molecule has 12 aromatic rings. The fourth-order valence-electron chi connectivity index (χ4n) is 12.0. The van der Waals surface area contributed by atoms with Crippen LogP contribution in [0.1, 0.15) is 22.3 Å². The van der Waals surface area contributed by atoms with Crippen LogP contribution in [0.25, 0.3) is 43.8 Å². The number of nitrogens with zero attached hydrogens (tertiary/aromatic N) is 3. The molecule has 72 heavy (non-hydrogen) atoms. The van der Waals surface area contributed by atoms with Gasteiger partial charge in [-0.2, -0.15) is 0 Å². The van der Waals surface area contributed by atoms with E-state index in [9.17, 15) is 0 Å². The van der Waals surface area contributed by atoms with E-state index in [1.54, 1.807) is 0 Å². The Morgan fingerprint density at radius 1 is 0.222 bits per heavy atom. The van der Waals surface area contributed by atoms with Crippen molar-refractivity contribution in [1.29, 1.82) is 0 Å². The largest absolute Gasteiger partial charge is 0.310 e. The number of benzene rings is 12. The van der Waals surface area contributed by atoms with Crippen molar-refractivity contribution >= 4 is 72.7 Å². The zero-order valence-corrected chi connectivity index (χ0v) is 39.5. The Labute approximate surface area is 420 Å². The summed E-state index contributed by atoms with van der Waals surface area (Å²) in [6.07, 6.45) is 0. The monoisotopic (exact) mass is 917 g/mol. The molecule has 0 saturated carbocycles. The number of rotatable bonds is 9. The molecule has 0 heterocycles. The standard InChI is InChI=1S/C69H47N3/c1-7-23-50(24-8-1)70(51-25-9-2-10-26-51)56-40-39-48-44-61-63-47-67(72(54-31-15-5-16-32-54)55-33-17-6-18-34-55)62-46-57(71(52-27-11-3-12-28-52)53-29-13-4-14-30-53)41-42-60(62)68(63)69(66(61)45-49(48)43-56)64-37-21-19-35-58(64)59-36-20-22-38-65(59)69/h1-47H. The first-order valence-electron chi connectivity index (χ1n) is 24.8. The van der Waals surface area contributed by atoms with Gasteiger partial charge in [0.05, 0.1) is 11.1 Å². The molecule has 0 aromatic heterocycles. The van der Waals surface area contributed by atoms with Crippen molar-refractivity contribution in [3.63, 3.8) is 0 Å². The number of fused-ring (bicyclic) bond motifs is 13. The molecule has 0 N–H and O–H groups in total. The highest BCUT2D eigenvalue weighted by molar-refractivity contribution is 6.12. The van der Waals surface area contributed by atoms with E-state index in [1.807, 2.05) is 0 Å². The zero-order chi connectivity index (χ0) is 47.6. The minimum absolute atomic E-state index is 0.623. The van der Waals surface area contributed by atoms with Crippen molar-refractivity contribution in [3.8, 4) is 22.3 Å². The van der Waals surface area contributed by atoms with Crippen LogP contribution in [0.4, 0.5) is 51.2 Å². The molecule has 1 spiro atoms.